The maximum Gasteiger partial charge on any atom is 0.261 e. The highest BCUT2D eigenvalue weighted by atomic mass is 32.2. The Bertz CT molecular complexity index is 643. The zero-order chi connectivity index (χ0) is 19.0. The van der Waals surface area contributed by atoms with E-state index in [2.05, 4.69) is 17.1 Å². The Morgan fingerprint density at radius 2 is 1.84 bits per heavy atom. The molecular formula is C18H30N2O4S. The molecule has 0 aromatic heterocycles. The molecule has 0 saturated carbocycles. The highest BCUT2D eigenvalue weighted by molar-refractivity contribution is 7.85. The van der Waals surface area contributed by atoms with Gasteiger partial charge in [-0.2, -0.15) is 8.42 Å². The van der Waals surface area contributed by atoms with Gasteiger partial charge in [0.05, 0.1) is 12.3 Å². The van der Waals surface area contributed by atoms with Crippen molar-refractivity contribution >= 4 is 21.7 Å². The van der Waals surface area contributed by atoms with Gasteiger partial charge in [-0.05, 0) is 57.3 Å². The second kappa shape index (κ2) is 9.89. The lowest BCUT2D eigenvalue weighted by Gasteiger charge is -2.34. The van der Waals surface area contributed by atoms with Crippen LogP contribution >= 0.6 is 0 Å². The van der Waals surface area contributed by atoms with Crippen molar-refractivity contribution in [2.24, 2.45) is 0 Å². The van der Waals surface area contributed by atoms with Crippen molar-refractivity contribution in [2.45, 2.75) is 52.5 Å². The Balaban J connectivity index is 0.000000550. The molecule has 2 N–H and O–H groups in total. The van der Waals surface area contributed by atoms with Gasteiger partial charge >= 0.3 is 0 Å². The molecule has 1 aliphatic heterocycles. The normalized spacial score (nSPS) is 18.2. The fourth-order valence-corrected chi connectivity index (χ4v) is 3.06. The summed E-state index contributed by atoms with van der Waals surface area (Å²) < 4.78 is 25.9. The first-order valence-corrected chi connectivity index (χ1v) is 10.5. The third-order valence-electron chi connectivity index (χ3n) is 4.16. The van der Waals surface area contributed by atoms with Crippen LogP contribution in [0.4, 0.5) is 5.69 Å². The zero-order valence-electron chi connectivity index (χ0n) is 15.6. The summed E-state index contributed by atoms with van der Waals surface area (Å²) in [6.45, 7) is 8.35. The van der Waals surface area contributed by atoms with Crippen molar-refractivity contribution in [3.8, 4) is 0 Å². The lowest BCUT2D eigenvalue weighted by molar-refractivity contribution is -0.122. The van der Waals surface area contributed by atoms with Gasteiger partial charge in [-0.3, -0.25) is 14.2 Å². The number of hydrogen-bond acceptors (Lipinski definition) is 4. The number of carbonyl (C=O) groups excluding carboxylic acids is 1. The van der Waals surface area contributed by atoms with E-state index in [4.69, 9.17) is 4.55 Å². The molecule has 1 amide bonds. The first-order chi connectivity index (χ1) is 11.6. The van der Waals surface area contributed by atoms with Gasteiger partial charge in [0.25, 0.3) is 10.1 Å². The van der Waals surface area contributed by atoms with Crippen LogP contribution in [0.15, 0.2) is 18.2 Å². The standard InChI is InChI=1S/C17H26N2O.CH4O3S/c1-4-11-19-12-6-5-10-15(19)17(20)18-16-13(2)8-7-9-14(16)3;1-5(2,3)4/h7-9,15H,4-6,10-12H2,1-3H3,(H,18,20);1H3,(H,2,3,4). The SMILES string of the molecule is CCCN1CCCCC1C(=O)Nc1c(C)cccc1C.CS(=O)(=O)O. The molecular weight excluding hydrogens is 340 g/mol. The molecule has 2 rings (SSSR count). The van der Waals surface area contributed by atoms with E-state index < -0.39 is 10.1 Å². The van der Waals surface area contributed by atoms with E-state index in [1.165, 1.54) is 6.42 Å². The van der Waals surface area contributed by atoms with Gasteiger partial charge in [0.1, 0.15) is 0 Å². The van der Waals surface area contributed by atoms with Crippen LogP contribution in [0.25, 0.3) is 0 Å². The fraction of sp³-hybridized carbons (Fsp3) is 0.611. The number of aryl methyl sites for hydroxylation is 2. The molecule has 0 radical (unpaired) electrons. The lowest BCUT2D eigenvalue weighted by atomic mass is 10.0. The minimum Gasteiger partial charge on any atom is -0.324 e. The van der Waals surface area contributed by atoms with Crippen LogP contribution in [-0.4, -0.2) is 49.2 Å². The van der Waals surface area contributed by atoms with Gasteiger partial charge in [-0.15, -0.1) is 0 Å². The first kappa shape index (κ1) is 21.6. The molecule has 7 heteroatoms. The van der Waals surface area contributed by atoms with Gasteiger partial charge in [0.2, 0.25) is 5.91 Å². The first-order valence-electron chi connectivity index (χ1n) is 8.67. The topological polar surface area (TPSA) is 86.7 Å². The molecule has 1 fully saturated rings. The Kier molecular flexibility index (Phi) is 8.55. The van der Waals surface area contributed by atoms with Crippen LogP contribution < -0.4 is 5.32 Å². The summed E-state index contributed by atoms with van der Waals surface area (Å²) >= 11 is 0. The lowest BCUT2D eigenvalue weighted by Crippen LogP contribution is -2.47. The zero-order valence-corrected chi connectivity index (χ0v) is 16.4. The Labute approximate surface area is 151 Å². The number of rotatable bonds is 4. The minimum absolute atomic E-state index is 0.0442. The van der Waals surface area contributed by atoms with E-state index in [1.54, 1.807) is 0 Å². The Morgan fingerprint density at radius 3 is 2.36 bits per heavy atom. The van der Waals surface area contributed by atoms with E-state index in [1.807, 2.05) is 32.0 Å². The largest absolute Gasteiger partial charge is 0.324 e. The quantitative estimate of drug-likeness (QED) is 0.796. The van der Waals surface area contributed by atoms with Crippen LogP contribution in [0.1, 0.15) is 43.7 Å². The van der Waals surface area contributed by atoms with Crippen LogP contribution in [0.2, 0.25) is 0 Å². The van der Waals surface area contributed by atoms with Gasteiger partial charge in [0.15, 0.2) is 0 Å². The average Bonchev–Trinajstić information content (AvgIpc) is 2.50. The molecule has 0 bridgehead atoms. The molecule has 25 heavy (non-hydrogen) atoms. The van der Waals surface area contributed by atoms with E-state index in [0.29, 0.717) is 6.26 Å². The molecule has 1 atom stereocenters. The number of benzene rings is 1. The van der Waals surface area contributed by atoms with E-state index >= 15 is 0 Å². The maximum atomic E-state index is 12.6. The predicted octanol–water partition coefficient (Wildman–Crippen LogP) is 3.01. The molecule has 1 saturated heterocycles. The third-order valence-corrected chi connectivity index (χ3v) is 4.16. The van der Waals surface area contributed by atoms with E-state index in [0.717, 1.165) is 49.2 Å². The van der Waals surface area contributed by atoms with Crippen molar-refractivity contribution in [2.75, 3.05) is 24.7 Å². The molecule has 1 unspecified atom stereocenters. The summed E-state index contributed by atoms with van der Waals surface area (Å²) in [5, 5.41) is 3.16. The predicted molar refractivity (Wildman–Crippen MR) is 102 cm³/mol. The third kappa shape index (κ3) is 7.98. The van der Waals surface area contributed by atoms with Crippen molar-refractivity contribution in [3.05, 3.63) is 29.3 Å². The number of para-hydroxylation sites is 1. The van der Waals surface area contributed by atoms with Gasteiger partial charge < -0.3 is 5.32 Å². The number of anilines is 1. The van der Waals surface area contributed by atoms with E-state index in [9.17, 15) is 13.2 Å². The average molecular weight is 371 g/mol. The second-order valence-electron chi connectivity index (χ2n) is 6.54. The number of nitrogens with one attached hydrogen (secondary N) is 1. The monoisotopic (exact) mass is 370 g/mol. The van der Waals surface area contributed by atoms with Crippen LogP contribution in [-0.2, 0) is 14.9 Å². The van der Waals surface area contributed by atoms with Gasteiger partial charge in [-0.1, -0.05) is 31.5 Å². The molecule has 6 nitrogen and oxygen atoms in total. The highest BCUT2D eigenvalue weighted by Crippen LogP contribution is 2.23. The molecule has 1 aliphatic rings. The molecule has 0 aliphatic carbocycles. The molecule has 142 valence electrons. The van der Waals surface area contributed by atoms with Crippen molar-refractivity contribution in [1.82, 2.24) is 4.90 Å². The van der Waals surface area contributed by atoms with E-state index in [-0.39, 0.29) is 11.9 Å². The second-order valence-corrected chi connectivity index (χ2v) is 8.00. The van der Waals surface area contributed by atoms with Crippen molar-refractivity contribution in [3.63, 3.8) is 0 Å². The number of amides is 1. The maximum absolute atomic E-state index is 12.6. The molecule has 1 aromatic rings. The Morgan fingerprint density at radius 1 is 1.28 bits per heavy atom. The molecule has 1 aromatic carbocycles. The Hall–Kier alpha value is -1.44. The summed E-state index contributed by atoms with van der Waals surface area (Å²) in [7, 11) is -3.67. The molecule has 0 spiro atoms. The summed E-state index contributed by atoms with van der Waals surface area (Å²) in [5.41, 5.74) is 3.26. The fourth-order valence-electron chi connectivity index (χ4n) is 3.06. The summed E-state index contributed by atoms with van der Waals surface area (Å²) in [6.07, 6.45) is 5.18. The van der Waals surface area contributed by atoms with Crippen LogP contribution in [0.5, 0.6) is 0 Å². The van der Waals surface area contributed by atoms with Crippen LogP contribution in [0.3, 0.4) is 0 Å². The summed E-state index contributed by atoms with van der Waals surface area (Å²) in [5.74, 6) is 0.163. The number of likely N-dealkylation sites (tertiary alicyclic amines) is 1. The van der Waals surface area contributed by atoms with Gasteiger partial charge in [0, 0.05) is 5.69 Å². The number of piperidine rings is 1. The van der Waals surface area contributed by atoms with Crippen LogP contribution in [0, 0.1) is 13.8 Å². The number of carbonyl (C=O) groups is 1. The van der Waals surface area contributed by atoms with Crippen molar-refractivity contribution < 1.29 is 17.8 Å². The minimum atomic E-state index is -3.67. The number of hydrogen-bond donors (Lipinski definition) is 2. The smallest absolute Gasteiger partial charge is 0.261 e. The van der Waals surface area contributed by atoms with Crippen molar-refractivity contribution in [1.29, 1.82) is 0 Å². The summed E-state index contributed by atoms with van der Waals surface area (Å²) in [4.78, 5) is 14.9. The molecule has 1 heterocycles. The summed E-state index contributed by atoms with van der Waals surface area (Å²) in [6, 6.07) is 6.17. The highest BCUT2D eigenvalue weighted by Gasteiger charge is 2.28. The number of nitrogens with zero attached hydrogens (tertiary/aromatic N) is 1. The van der Waals surface area contributed by atoms with Gasteiger partial charge in [-0.25, -0.2) is 0 Å².